The summed E-state index contributed by atoms with van der Waals surface area (Å²) in [6.07, 6.45) is -3.41. The summed E-state index contributed by atoms with van der Waals surface area (Å²) in [6, 6.07) is -5.40. The van der Waals surface area contributed by atoms with Gasteiger partial charge in [0.15, 0.2) is 12.1 Å². The molecule has 1 aliphatic rings. The molecule has 0 radical (unpaired) electrons. The van der Waals surface area contributed by atoms with Gasteiger partial charge in [0.1, 0.15) is 42.3 Å². The van der Waals surface area contributed by atoms with Crippen molar-refractivity contribution in [3.8, 4) is 0 Å². The summed E-state index contributed by atoms with van der Waals surface area (Å²) in [7, 11) is 0. The quantitative estimate of drug-likeness (QED) is 0.0441. The molecule has 1 unspecified atom stereocenters. The van der Waals surface area contributed by atoms with Gasteiger partial charge in [-0.2, -0.15) is 0 Å². The minimum Gasteiger partial charge on any atom is -0.394 e. The van der Waals surface area contributed by atoms with E-state index in [2.05, 4.69) is 47.5 Å². The number of nitrogens with two attached hydrogens (primary N) is 4. The molecule has 72 heavy (non-hydrogen) atoms. The predicted octanol–water partition coefficient (Wildman–Crippen LogP) is -6.84. The highest BCUT2D eigenvalue weighted by Gasteiger charge is 2.39. The first kappa shape index (κ1) is 61.6. The monoisotopic (exact) mass is 1020 g/mol. The number of benzene rings is 1. The summed E-state index contributed by atoms with van der Waals surface area (Å²) in [6.45, 7) is 6.84. The molecule has 404 valence electrons. The summed E-state index contributed by atoms with van der Waals surface area (Å²) >= 11 is 0. The van der Waals surface area contributed by atoms with Gasteiger partial charge in [-0.25, -0.2) is 0 Å². The molecule has 0 bridgehead atoms. The van der Waals surface area contributed by atoms with Gasteiger partial charge in [-0.05, 0) is 42.6 Å². The number of primary amides is 1. The summed E-state index contributed by atoms with van der Waals surface area (Å²) in [4.78, 5) is 126. The van der Waals surface area contributed by atoms with Crippen LogP contribution in [-0.2, 0) is 43.2 Å². The van der Waals surface area contributed by atoms with E-state index in [0.29, 0.717) is 12.0 Å². The molecule has 1 aliphatic heterocycles. The lowest BCUT2D eigenvalue weighted by atomic mass is 9.95. The fourth-order valence-corrected chi connectivity index (χ4v) is 7.33. The average molecular weight is 1020 g/mol. The summed E-state index contributed by atoms with van der Waals surface area (Å²) in [5.74, 6) is -11.4. The van der Waals surface area contributed by atoms with Crippen LogP contribution in [0.2, 0.25) is 0 Å². The molecular weight excluding hydrogens is 945 g/mol. The highest BCUT2D eigenvalue weighted by molar-refractivity contribution is 5.99. The van der Waals surface area contributed by atoms with E-state index in [4.69, 9.17) is 22.9 Å². The lowest BCUT2D eigenvalue weighted by molar-refractivity contribution is -0.140. The summed E-state index contributed by atoms with van der Waals surface area (Å²) in [5, 5.41) is 64.7. The zero-order valence-electron chi connectivity index (χ0n) is 41.6. The Morgan fingerprint density at radius 2 is 1.21 bits per heavy atom. The normalized spacial score (nSPS) is 26.7. The van der Waals surface area contributed by atoms with E-state index in [1.807, 2.05) is 5.32 Å². The van der Waals surface area contributed by atoms with E-state index in [0.717, 1.165) is 0 Å². The van der Waals surface area contributed by atoms with Crippen molar-refractivity contribution < 1.29 is 63.6 Å². The fourth-order valence-electron chi connectivity index (χ4n) is 7.33. The smallest absolute Gasteiger partial charge is 0.248 e. The average Bonchev–Trinajstić information content (AvgIpc) is 3.33. The van der Waals surface area contributed by atoms with E-state index >= 15 is 0 Å². The minimum atomic E-state index is -2.42. The molecule has 27 heteroatoms. The van der Waals surface area contributed by atoms with Crippen LogP contribution < -0.4 is 70.8 Å². The van der Waals surface area contributed by atoms with Gasteiger partial charge in [0.05, 0.1) is 31.9 Å². The van der Waals surface area contributed by atoms with Crippen LogP contribution in [0.1, 0.15) is 78.8 Å². The highest BCUT2D eigenvalue weighted by atomic mass is 16.3. The second-order valence-corrected chi connectivity index (χ2v) is 18.4. The van der Waals surface area contributed by atoms with Gasteiger partial charge in [0.25, 0.3) is 0 Å². The van der Waals surface area contributed by atoms with E-state index in [9.17, 15) is 63.6 Å². The highest BCUT2D eigenvalue weighted by Crippen LogP contribution is 2.18. The third-order valence-corrected chi connectivity index (χ3v) is 11.7. The Kier molecular flexibility index (Phi) is 26.0. The standard InChI is InChI=1S/C45H76N14O13/c1-7-23(6)31-42(70)55-28(19-60)38(66)52-18-30(62)57-34(36(64)37(47)65)44(72)56-29(20-61)41(69)59-32(24-12-9-8-10-13-24)25(46)17-51-33(35(63)22(4)5)43(71)54-27(16-21(2)3)40(68)53-26(39(67)58-31)14-11-15-50-45(48)49/h8-10,12-13,21-23,25-29,31-36,51,60-61,63-64H,7,11,14-20,46H2,1-6H3,(H2,47,65)(H,52,66)(H,53,68)(H,54,71)(H,55,70)(H,56,72)(H,57,62)(H,58,67)(H,59,69)(H4,48,49,50)/t23-,25+,26+,27-,28-,29-,31-,32+,33-,34?,35+,36-/m0/s1. The van der Waals surface area contributed by atoms with Crippen molar-refractivity contribution in [1.82, 2.24) is 47.9 Å². The molecule has 0 saturated carbocycles. The molecule has 9 amide bonds. The van der Waals surface area contributed by atoms with Gasteiger partial charge in [-0.3, -0.25) is 48.1 Å². The zero-order valence-corrected chi connectivity index (χ0v) is 41.6. The maximum absolute atomic E-state index is 14.3. The number of amides is 9. The number of rotatable bonds is 15. The Hall–Kier alpha value is -6.52. The number of carbonyl (C=O) groups is 9. The molecule has 1 heterocycles. The van der Waals surface area contributed by atoms with E-state index in [1.165, 1.54) is 0 Å². The molecule has 1 aromatic rings. The fraction of sp³-hybridized carbons (Fsp3) is 0.644. The number of aliphatic hydroxyl groups excluding tert-OH is 4. The van der Waals surface area contributed by atoms with E-state index in [-0.39, 0.29) is 44.2 Å². The molecule has 0 aliphatic carbocycles. The maximum atomic E-state index is 14.3. The van der Waals surface area contributed by atoms with Gasteiger partial charge in [-0.15, -0.1) is 0 Å². The largest absolute Gasteiger partial charge is 0.394 e. The first-order valence-corrected chi connectivity index (χ1v) is 23.7. The van der Waals surface area contributed by atoms with Crippen molar-refractivity contribution in [3.05, 3.63) is 35.9 Å². The van der Waals surface area contributed by atoms with Gasteiger partial charge in [0.2, 0.25) is 53.2 Å². The lowest BCUT2D eigenvalue weighted by Crippen LogP contribution is -2.63. The Labute approximate surface area is 417 Å². The minimum absolute atomic E-state index is 0.0354. The number of nitrogens with one attached hydrogen (secondary N) is 9. The van der Waals surface area contributed by atoms with Crippen LogP contribution in [0.4, 0.5) is 0 Å². The van der Waals surface area contributed by atoms with Crippen molar-refractivity contribution in [2.75, 3.05) is 32.8 Å². The molecule has 27 nitrogen and oxygen atoms in total. The van der Waals surface area contributed by atoms with Gasteiger partial charge >= 0.3 is 0 Å². The van der Waals surface area contributed by atoms with Crippen molar-refractivity contribution in [2.45, 2.75) is 134 Å². The number of guanidine groups is 1. The zero-order chi connectivity index (χ0) is 54.4. The molecular formula is C45H76N14O13. The summed E-state index contributed by atoms with van der Waals surface area (Å²) < 4.78 is 0. The third-order valence-electron chi connectivity index (χ3n) is 11.7. The number of hydrogen-bond donors (Lipinski definition) is 17. The molecule has 1 aromatic carbocycles. The molecule has 0 aromatic heterocycles. The number of hydrogen-bond acceptors (Lipinski definition) is 16. The Morgan fingerprint density at radius 1 is 0.681 bits per heavy atom. The van der Waals surface area contributed by atoms with Crippen molar-refractivity contribution in [1.29, 1.82) is 0 Å². The van der Waals surface area contributed by atoms with Gasteiger partial charge in [0, 0.05) is 19.1 Å². The van der Waals surface area contributed by atoms with Gasteiger partial charge < -0.3 is 91.2 Å². The first-order valence-electron chi connectivity index (χ1n) is 23.7. The van der Waals surface area contributed by atoms with Crippen LogP contribution in [0.5, 0.6) is 0 Å². The maximum Gasteiger partial charge on any atom is 0.248 e. The topological polar surface area (TPSA) is 459 Å². The van der Waals surface area contributed by atoms with Crippen molar-refractivity contribution in [2.24, 2.45) is 45.7 Å². The molecule has 0 spiro atoms. The Bertz CT molecular complexity index is 2030. The van der Waals surface area contributed by atoms with Crippen LogP contribution in [0.3, 0.4) is 0 Å². The van der Waals surface area contributed by atoms with Gasteiger partial charge in [-0.1, -0.05) is 78.3 Å². The van der Waals surface area contributed by atoms with Crippen LogP contribution in [0, 0.1) is 17.8 Å². The second kappa shape index (κ2) is 30.4. The van der Waals surface area contributed by atoms with E-state index < -0.39 is 151 Å². The Balaban J connectivity index is 2.78. The van der Waals surface area contributed by atoms with Crippen LogP contribution in [0.15, 0.2) is 35.3 Å². The molecule has 12 atom stereocenters. The molecule has 2 rings (SSSR count). The molecule has 1 fully saturated rings. The number of aliphatic imine (C=N–C) groups is 1. The lowest BCUT2D eigenvalue weighted by Gasteiger charge is -2.32. The molecule has 1 saturated heterocycles. The second-order valence-electron chi connectivity index (χ2n) is 18.4. The number of carbonyl (C=O) groups excluding carboxylic acids is 9. The SMILES string of the molecule is CC[C@H](C)[C@@H]1NC(=O)[C@@H](CCCN=C(N)N)NC(=O)[C@H](CC(C)C)NC(=O)[C@H]([C@H](O)C(C)C)NC[C@@H](N)[C@@H](c2ccccc2)NC(=O)[C@H](CO)NC(=O)C([C@H](O)C(N)=O)NC(=O)CNC(=O)[C@H](CO)NC1=O. The van der Waals surface area contributed by atoms with E-state index in [1.54, 1.807) is 71.9 Å². The van der Waals surface area contributed by atoms with Crippen LogP contribution in [-0.4, -0.2) is 173 Å². The first-order chi connectivity index (χ1) is 33.9. The predicted molar refractivity (Wildman–Crippen MR) is 261 cm³/mol. The number of nitrogens with zero attached hydrogens (tertiary/aromatic N) is 1. The number of aliphatic hydroxyl groups is 4. The Morgan fingerprint density at radius 3 is 1.75 bits per heavy atom. The van der Waals surface area contributed by atoms with Crippen LogP contribution in [0.25, 0.3) is 0 Å². The van der Waals surface area contributed by atoms with Crippen molar-refractivity contribution in [3.63, 3.8) is 0 Å². The third kappa shape index (κ3) is 19.6. The summed E-state index contributed by atoms with van der Waals surface area (Å²) in [5.41, 5.74) is 23.3. The molecule has 21 N–H and O–H groups in total. The van der Waals surface area contributed by atoms with Crippen LogP contribution >= 0.6 is 0 Å². The van der Waals surface area contributed by atoms with Crippen molar-refractivity contribution >= 4 is 59.1 Å².